The molecule has 0 saturated carbocycles. The molecule has 1 aliphatic rings. The summed E-state index contributed by atoms with van der Waals surface area (Å²) in [4.78, 5) is 2.30. The predicted octanol–water partition coefficient (Wildman–Crippen LogP) is 1.53. The Kier molecular flexibility index (Phi) is 2.93. The fourth-order valence-electron chi connectivity index (χ4n) is 2.07. The van der Waals surface area contributed by atoms with Crippen LogP contribution in [0.15, 0.2) is 18.2 Å². The van der Waals surface area contributed by atoms with E-state index < -0.39 is 0 Å². The maximum atomic E-state index is 6.15. The highest BCUT2D eigenvalue weighted by atomic mass is 16.5. The first kappa shape index (κ1) is 10.5. The maximum Gasteiger partial charge on any atom is 0.119 e. The van der Waals surface area contributed by atoms with Gasteiger partial charge in [0.25, 0.3) is 0 Å². The second-order valence-corrected chi connectivity index (χ2v) is 4.20. The molecule has 0 amide bonds. The summed E-state index contributed by atoms with van der Waals surface area (Å²) in [5.74, 6) is 0.897. The van der Waals surface area contributed by atoms with E-state index in [2.05, 4.69) is 24.1 Å². The zero-order valence-corrected chi connectivity index (χ0v) is 9.36. The molecule has 1 heterocycles. The lowest BCUT2D eigenvalue weighted by Gasteiger charge is -2.14. The Labute approximate surface area is 90.8 Å². The molecule has 1 atom stereocenters. The van der Waals surface area contributed by atoms with Crippen LogP contribution in [-0.2, 0) is 6.54 Å². The van der Waals surface area contributed by atoms with Gasteiger partial charge in [-0.05, 0) is 43.3 Å². The summed E-state index contributed by atoms with van der Waals surface area (Å²) in [6.45, 7) is 2.03. The van der Waals surface area contributed by atoms with Crippen molar-refractivity contribution in [1.29, 1.82) is 0 Å². The average molecular weight is 206 g/mol. The topological polar surface area (TPSA) is 38.5 Å². The van der Waals surface area contributed by atoms with Gasteiger partial charge < -0.3 is 15.4 Å². The minimum atomic E-state index is 0.139. The van der Waals surface area contributed by atoms with Gasteiger partial charge in [-0.15, -0.1) is 0 Å². The van der Waals surface area contributed by atoms with Gasteiger partial charge in [0.1, 0.15) is 5.75 Å². The molecule has 2 rings (SSSR count). The van der Waals surface area contributed by atoms with Crippen LogP contribution in [0.5, 0.6) is 5.75 Å². The first-order valence-corrected chi connectivity index (χ1v) is 5.31. The fraction of sp³-hybridized carbons (Fsp3) is 0.500. The lowest BCUT2D eigenvalue weighted by Crippen LogP contribution is -2.18. The molecule has 0 bridgehead atoms. The van der Waals surface area contributed by atoms with Crippen molar-refractivity contribution in [2.45, 2.75) is 19.0 Å². The van der Waals surface area contributed by atoms with Crippen molar-refractivity contribution in [2.24, 2.45) is 5.73 Å². The second kappa shape index (κ2) is 4.21. The molecule has 1 aliphatic heterocycles. The van der Waals surface area contributed by atoms with E-state index in [1.54, 1.807) is 7.11 Å². The van der Waals surface area contributed by atoms with Crippen LogP contribution in [0.1, 0.15) is 23.6 Å². The van der Waals surface area contributed by atoms with Crippen molar-refractivity contribution in [1.82, 2.24) is 4.90 Å². The summed E-state index contributed by atoms with van der Waals surface area (Å²) in [5, 5.41) is 0. The van der Waals surface area contributed by atoms with Crippen molar-refractivity contribution in [3.8, 4) is 5.75 Å². The van der Waals surface area contributed by atoms with Crippen LogP contribution in [0.2, 0.25) is 0 Å². The van der Waals surface area contributed by atoms with Gasteiger partial charge in [0.05, 0.1) is 7.11 Å². The Morgan fingerprint density at radius 2 is 2.27 bits per heavy atom. The molecule has 2 N–H and O–H groups in total. The minimum absolute atomic E-state index is 0.139. The second-order valence-electron chi connectivity index (χ2n) is 4.20. The van der Waals surface area contributed by atoms with Crippen molar-refractivity contribution < 1.29 is 4.74 Å². The lowest BCUT2D eigenvalue weighted by molar-refractivity contribution is 0.325. The van der Waals surface area contributed by atoms with Crippen molar-refractivity contribution >= 4 is 0 Å². The Hall–Kier alpha value is -1.06. The molecule has 1 aromatic carbocycles. The van der Waals surface area contributed by atoms with Crippen LogP contribution in [-0.4, -0.2) is 25.6 Å². The molecule has 3 nitrogen and oxygen atoms in total. The van der Waals surface area contributed by atoms with E-state index in [4.69, 9.17) is 10.5 Å². The summed E-state index contributed by atoms with van der Waals surface area (Å²) in [6, 6.07) is 6.33. The summed E-state index contributed by atoms with van der Waals surface area (Å²) in [5.41, 5.74) is 8.71. The van der Waals surface area contributed by atoms with Crippen LogP contribution in [0.3, 0.4) is 0 Å². The molecule has 82 valence electrons. The Morgan fingerprint density at radius 1 is 1.47 bits per heavy atom. The number of fused-ring (bicyclic) bond motifs is 1. The van der Waals surface area contributed by atoms with E-state index in [1.165, 1.54) is 11.1 Å². The number of hydrogen-bond donors (Lipinski definition) is 1. The minimum Gasteiger partial charge on any atom is -0.497 e. The number of nitrogens with zero attached hydrogens (tertiary/aromatic N) is 1. The first-order chi connectivity index (χ1) is 7.20. The fourth-order valence-corrected chi connectivity index (χ4v) is 2.07. The number of ether oxygens (including phenoxy) is 1. The maximum absolute atomic E-state index is 6.15. The van der Waals surface area contributed by atoms with Crippen molar-refractivity contribution in [2.75, 3.05) is 20.7 Å². The monoisotopic (exact) mass is 206 g/mol. The highest BCUT2D eigenvalue weighted by molar-refractivity contribution is 5.38. The summed E-state index contributed by atoms with van der Waals surface area (Å²) >= 11 is 0. The number of hydrogen-bond acceptors (Lipinski definition) is 3. The van der Waals surface area contributed by atoms with E-state index in [9.17, 15) is 0 Å². The molecule has 0 aromatic heterocycles. The zero-order valence-electron chi connectivity index (χ0n) is 9.36. The van der Waals surface area contributed by atoms with Gasteiger partial charge in [-0.3, -0.25) is 0 Å². The van der Waals surface area contributed by atoms with Gasteiger partial charge >= 0.3 is 0 Å². The predicted molar refractivity (Wildman–Crippen MR) is 60.9 cm³/mol. The van der Waals surface area contributed by atoms with E-state index in [0.29, 0.717) is 0 Å². The lowest BCUT2D eigenvalue weighted by atomic mass is 10.00. The quantitative estimate of drug-likeness (QED) is 0.757. The van der Waals surface area contributed by atoms with Crippen molar-refractivity contribution in [3.05, 3.63) is 29.3 Å². The van der Waals surface area contributed by atoms with Crippen LogP contribution in [0.4, 0.5) is 0 Å². The van der Waals surface area contributed by atoms with Gasteiger partial charge in [0.15, 0.2) is 0 Å². The zero-order chi connectivity index (χ0) is 10.8. The Balaban J connectivity index is 2.39. The molecule has 0 radical (unpaired) electrons. The molecule has 1 unspecified atom stereocenters. The van der Waals surface area contributed by atoms with E-state index in [1.807, 2.05) is 6.07 Å². The van der Waals surface area contributed by atoms with E-state index in [0.717, 1.165) is 25.3 Å². The molecule has 3 heteroatoms. The van der Waals surface area contributed by atoms with Crippen LogP contribution in [0, 0.1) is 0 Å². The van der Waals surface area contributed by atoms with Gasteiger partial charge in [0, 0.05) is 12.6 Å². The van der Waals surface area contributed by atoms with Gasteiger partial charge in [0.2, 0.25) is 0 Å². The molecule has 1 aromatic rings. The third-order valence-electron chi connectivity index (χ3n) is 3.01. The SMILES string of the molecule is COc1ccc2c(c1)C(N)CCN(C)C2. The number of rotatable bonds is 1. The standard InChI is InChI=1S/C12H18N2O/c1-14-6-5-12(13)11-7-10(15-2)4-3-9(11)8-14/h3-4,7,12H,5-6,8,13H2,1-2H3. The highest BCUT2D eigenvalue weighted by Crippen LogP contribution is 2.27. The normalized spacial score (nSPS) is 21.9. The van der Waals surface area contributed by atoms with E-state index in [-0.39, 0.29) is 6.04 Å². The summed E-state index contributed by atoms with van der Waals surface area (Å²) in [7, 11) is 3.82. The summed E-state index contributed by atoms with van der Waals surface area (Å²) < 4.78 is 5.23. The first-order valence-electron chi connectivity index (χ1n) is 5.31. The van der Waals surface area contributed by atoms with Crippen LogP contribution in [0.25, 0.3) is 0 Å². The number of benzene rings is 1. The van der Waals surface area contributed by atoms with Crippen LogP contribution >= 0.6 is 0 Å². The molecule has 0 spiro atoms. The molecule has 0 fully saturated rings. The number of methoxy groups -OCH3 is 1. The Morgan fingerprint density at radius 3 is 3.00 bits per heavy atom. The van der Waals surface area contributed by atoms with Crippen LogP contribution < -0.4 is 10.5 Å². The van der Waals surface area contributed by atoms with Gasteiger partial charge in [-0.25, -0.2) is 0 Å². The largest absolute Gasteiger partial charge is 0.497 e. The smallest absolute Gasteiger partial charge is 0.119 e. The third kappa shape index (κ3) is 2.13. The van der Waals surface area contributed by atoms with E-state index >= 15 is 0 Å². The van der Waals surface area contributed by atoms with Gasteiger partial charge in [-0.2, -0.15) is 0 Å². The third-order valence-corrected chi connectivity index (χ3v) is 3.01. The molecular formula is C12H18N2O. The summed E-state index contributed by atoms with van der Waals surface area (Å²) in [6.07, 6.45) is 1.01. The van der Waals surface area contributed by atoms with Gasteiger partial charge in [-0.1, -0.05) is 6.07 Å². The van der Waals surface area contributed by atoms with Crippen molar-refractivity contribution in [3.63, 3.8) is 0 Å². The average Bonchev–Trinajstić information content (AvgIpc) is 2.39. The molecule has 15 heavy (non-hydrogen) atoms. The number of nitrogens with two attached hydrogens (primary N) is 1. The molecule has 0 aliphatic carbocycles. The highest BCUT2D eigenvalue weighted by Gasteiger charge is 2.18. The Bertz CT molecular complexity index is 351. The molecular weight excluding hydrogens is 188 g/mol. The molecule has 0 saturated heterocycles.